The van der Waals surface area contributed by atoms with Gasteiger partial charge in [0.15, 0.2) is 5.69 Å². The van der Waals surface area contributed by atoms with Crippen LogP contribution in [0.3, 0.4) is 0 Å². The second-order valence-corrected chi connectivity index (χ2v) is 9.32. The summed E-state index contributed by atoms with van der Waals surface area (Å²) < 4.78 is 1.86. The van der Waals surface area contributed by atoms with E-state index in [1.807, 2.05) is 73.7 Å². The summed E-state index contributed by atoms with van der Waals surface area (Å²) in [7, 11) is 5.32. The third kappa shape index (κ3) is 3.96. The number of hydrogen-bond donors (Lipinski definition) is 1. The van der Waals surface area contributed by atoms with Crippen molar-refractivity contribution in [3.8, 4) is 17.3 Å². The summed E-state index contributed by atoms with van der Waals surface area (Å²) in [5, 5.41) is 8.99. The summed E-state index contributed by atoms with van der Waals surface area (Å²) in [6, 6.07) is 13.7. The largest absolute Gasteiger partial charge is 0.346 e. The van der Waals surface area contributed by atoms with E-state index in [2.05, 4.69) is 11.1 Å². The molecule has 1 aliphatic rings. The zero-order chi connectivity index (χ0) is 24.7. The van der Waals surface area contributed by atoms with Gasteiger partial charge in [-0.3, -0.25) is 9.59 Å². The van der Waals surface area contributed by atoms with Crippen LogP contribution in [0.4, 0.5) is 0 Å². The maximum atomic E-state index is 13.4. The molecule has 4 rings (SSSR count). The average molecular weight is 457 g/mol. The highest BCUT2D eigenvalue weighted by molar-refractivity contribution is 5.98. The van der Waals surface area contributed by atoms with E-state index in [-0.39, 0.29) is 17.7 Å². The van der Waals surface area contributed by atoms with Crippen molar-refractivity contribution in [2.75, 3.05) is 27.2 Å². The number of aromatic nitrogens is 2. The average Bonchev–Trinajstić information content (AvgIpc) is 3.07. The highest BCUT2D eigenvalue weighted by Gasteiger charge is 2.34. The molecule has 0 atom stereocenters. The molecule has 1 N–H and O–H groups in total. The maximum Gasteiger partial charge on any atom is 0.346 e. The number of benzene rings is 2. The summed E-state index contributed by atoms with van der Waals surface area (Å²) in [4.78, 5) is 32.7. The lowest BCUT2D eigenvalue weighted by Gasteiger charge is -2.40. The number of H-pyrrole nitrogens is 1. The van der Waals surface area contributed by atoms with Crippen molar-refractivity contribution < 1.29 is 14.2 Å². The fraction of sp³-hybridized carbons (Fsp3) is 0.333. The van der Waals surface area contributed by atoms with E-state index < -0.39 is 0 Å². The van der Waals surface area contributed by atoms with Crippen LogP contribution in [0.15, 0.2) is 36.4 Å². The molecule has 34 heavy (non-hydrogen) atoms. The molecule has 1 fully saturated rings. The summed E-state index contributed by atoms with van der Waals surface area (Å²) in [5.74, 6) is 0.693. The van der Waals surface area contributed by atoms with Crippen LogP contribution in [0.2, 0.25) is 0 Å². The molecule has 0 bridgehead atoms. The molecule has 3 aromatic rings. The molecule has 1 aromatic heterocycles. The number of nitrogens with one attached hydrogen (secondary N) is 1. The van der Waals surface area contributed by atoms with Gasteiger partial charge in [0, 0.05) is 51.2 Å². The third-order valence-electron chi connectivity index (χ3n) is 6.80. The number of rotatable bonds is 4. The zero-order valence-corrected chi connectivity index (χ0v) is 20.6. The van der Waals surface area contributed by atoms with E-state index in [9.17, 15) is 9.59 Å². The Labute approximate surface area is 200 Å². The van der Waals surface area contributed by atoms with E-state index in [0.29, 0.717) is 30.0 Å². The number of nitriles is 1. The molecule has 7 nitrogen and oxygen atoms in total. The number of carbonyl (C=O) groups is 2. The quantitative estimate of drug-likeness (QED) is 0.612. The van der Waals surface area contributed by atoms with Gasteiger partial charge in [-0.25, -0.2) is 9.55 Å². The molecule has 1 aliphatic heterocycles. The normalized spacial score (nSPS) is 13.4. The summed E-state index contributed by atoms with van der Waals surface area (Å²) in [6.07, 6.45) is 0. The van der Waals surface area contributed by atoms with Crippen molar-refractivity contribution in [2.24, 2.45) is 7.05 Å². The predicted molar refractivity (Wildman–Crippen MR) is 129 cm³/mol. The molecule has 7 heteroatoms. The number of imidazole rings is 1. The number of amides is 2. The van der Waals surface area contributed by atoms with Crippen molar-refractivity contribution in [2.45, 2.75) is 26.7 Å². The lowest BCUT2D eigenvalue weighted by molar-refractivity contribution is -0.678. The van der Waals surface area contributed by atoms with Gasteiger partial charge in [0.1, 0.15) is 5.69 Å². The first-order chi connectivity index (χ1) is 16.1. The van der Waals surface area contributed by atoms with Crippen LogP contribution < -0.4 is 4.57 Å². The SMILES string of the molecule is Cc1cc(C)c(-c2[nH]c(C(=O)N(C)C)[n+](C)c2C)cc1C(=O)N1CC(c2ccc(C#N)cc2)C1. The molecule has 0 spiro atoms. The Morgan fingerprint density at radius 2 is 1.74 bits per heavy atom. The minimum Gasteiger partial charge on any atom is -0.338 e. The van der Waals surface area contributed by atoms with Gasteiger partial charge < -0.3 is 9.80 Å². The van der Waals surface area contributed by atoms with Crippen molar-refractivity contribution in [1.29, 1.82) is 5.26 Å². The van der Waals surface area contributed by atoms with Crippen LogP contribution in [-0.4, -0.2) is 53.8 Å². The van der Waals surface area contributed by atoms with Crippen molar-refractivity contribution >= 4 is 11.8 Å². The van der Waals surface area contributed by atoms with E-state index in [0.717, 1.165) is 33.6 Å². The molecule has 2 amide bonds. The second kappa shape index (κ2) is 8.79. The van der Waals surface area contributed by atoms with E-state index in [1.165, 1.54) is 0 Å². The smallest absolute Gasteiger partial charge is 0.338 e. The van der Waals surface area contributed by atoms with Crippen LogP contribution in [-0.2, 0) is 7.05 Å². The highest BCUT2D eigenvalue weighted by Crippen LogP contribution is 2.32. The molecule has 0 radical (unpaired) electrons. The molecule has 0 aliphatic carbocycles. The van der Waals surface area contributed by atoms with Gasteiger partial charge in [-0.05, 0) is 48.7 Å². The Morgan fingerprint density at radius 1 is 1.09 bits per heavy atom. The van der Waals surface area contributed by atoms with E-state index in [4.69, 9.17) is 5.26 Å². The maximum absolute atomic E-state index is 13.4. The van der Waals surface area contributed by atoms with Crippen molar-refractivity contribution in [1.82, 2.24) is 14.8 Å². The molecule has 2 aromatic carbocycles. The molecule has 2 heterocycles. The van der Waals surface area contributed by atoms with Gasteiger partial charge in [-0.1, -0.05) is 18.2 Å². The van der Waals surface area contributed by atoms with Gasteiger partial charge in [0.2, 0.25) is 0 Å². The number of aryl methyl sites for hydroxylation is 2. The van der Waals surface area contributed by atoms with Crippen LogP contribution >= 0.6 is 0 Å². The fourth-order valence-corrected chi connectivity index (χ4v) is 4.51. The van der Waals surface area contributed by atoms with Gasteiger partial charge >= 0.3 is 11.7 Å². The first-order valence-electron chi connectivity index (χ1n) is 11.3. The molecule has 0 unspecified atom stereocenters. The standard InChI is InChI=1S/C27H29N5O2/c1-16-11-17(2)23(12-22(16)24-18(3)31(6)25(29-24)27(34)30(4)5)26(33)32-14-21(15-32)20-9-7-19(13-28)8-10-20/h7-12,21H,14-15H2,1-6H3/p+1. The van der Waals surface area contributed by atoms with Crippen LogP contribution in [0.25, 0.3) is 11.3 Å². The highest BCUT2D eigenvalue weighted by atomic mass is 16.2. The van der Waals surface area contributed by atoms with Gasteiger partial charge in [-0.2, -0.15) is 5.26 Å². The Kier molecular flexibility index (Phi) is 6.01. The minimum atomic E-state index is -0.104. The molecule has 174 valence electrons. The van der Waals surface area contributed by atoms with Crippen molar-refractivity contribution in [3.63, 3.8) is 0 Å². The number of hydrogen-bond acceptors (Lipinski definition) is 3. The summed E-state index contributed by atoms with van der Waals surface area (Å²) in [6.45, 7) is 7.27. The van der Waals surface area contributed by atoms with Crippen LogP contribution in [0.1, 0.15) is 54.8 Å². The summed E-state index contributed by atoms with van der Waals surface area (Å²) in [5.41, 5.74) is 7.14. The Balaban J connectivity index is 1.61. The fourth-order valence-electron chi connectivity index (χ4n) is 4.51. The van der Waals surface area contributed by atoms with Crippen molar-refractivity contribution in [3.05, 3.63) is 75.7 Å². The lowest BCUT2D eigenvalue weighted by atomic mass is 9.89. The molecule has 0 saturated carbocycles. The van der Waals surface area contributed by atoms with E-state index in [1.54, 1.807) is 19.0 Å². The molecular formula is C27H30N5O2+. The van der Waals surface area contributed by atoms with E-state index >= 15 is 0 Å². The lowest BCUT2D eigenvalue weighted by Crippen LogP contribution is -2.48. The van der Waals surface area contributed by atoms with Gasteiger partial charge in [0.25, 0.3) is 5.91 Å². The molecule has 1 saturated heterocycles. The van der Waals surface area contributed by atoms with Gasteiger partial charge in [0.05, 0.1) is 18.7 Å². The second-order valence-electron chi connectivity index (χ2n) is 9.32. The number of aromatic amines is 1. The molecular weight excluding hydrogens is 426 g/mol. The predicted octanol–water partition coefficient (Wildman–Crippen LogP) is 3.24. The number of carbonyl (C=O) groups excluding carboxylic acids is 2. The van der Waals surface area contributed by atoms with Gasteiger partial charge in [-0.15, -0.1) is 0 Å². The zero-order valence-electron chi connectivity index (χ0n) is 20.6. The summed E-state index contributed by atoms with van der Waals surface area (Å²) >= 11 is 0. The number of nitrogens with zero attached hydrogens (tertiary/aromatic N) is 4. The Bertz CT molecular complexity index is 1320. The number of likely N-dealkylation sites (tertiary alicyclic amines) is 1. The Hall–Kier alpha value is -3.92. The van der Waals surface area contributed by atoms with Crippen LogP contribution in [0.5, 0.6) is 0 Å². The first-order valence-corrected chi connectivity index (χ1v) is 11.3. The minimum absolute atomic E-state index is 0.0156. The monoisotopic (exact) mass is 456 g/mol. The Morgan fingerprint density at radius 3 is 2.32 bits per heavy atom. The third-order valence-corrected chi connectivity index (χ3v) is 6.80. The topological polar surface area (TPSA) is 84.1 Å². The first kappa shape index (κ1) is 23.2. The van der Waals surface area contributed by atoms with Crippen LogP contribution in [0, 0.1) is 32.1 Å².